The van der Waals surface area contributed by atoms with Crippen LogP contribution >= 0.6 is 0 Å². The summed E-state index contributed by atoms with van der Waals surface area (Å²) in [7, 11) is 0. The minimum absolute atomic E-state index is 0.187. The molecular formula is C26H26FN9O. The van der Waals surface area contributed by atoms with Crippen molar-refractivity contribution in [2.45, 2.75) is 56.8 Å². The van der Waals surface area contributed by atoms with E-state index < -0.39 is 11.9 Å². The summed E-state index contributed by atoms with van der Waals surface area (Å²) in [6, 6.07) is 9.56. The highest BCUT2D eigenvalue weighted by molar-refractivity contribution is 5.70. The summed E-state index contributed by atoms with van der Waals surface area (Å²) in [6.07, 6.45) is 10.4. The predicted octanol–water partition coefficient (Wildman–Crippen LogP) is 3.71. The van der Waals surface area contributed by atoms with E-state index in [4.69, 9.17) is 10.5 Å². The van der Waals surface area contributed by atoms with Gasteiger partial charge in [0.25, 0.3) is 0 Å². The van der Waals surface area contributed by atoms with Gasteiger partial charge in [-0.15, -0.1) is 0 Å². The zero-order valence-electron chi connectivity index (χ0n) is 20.3. The van der Waals surface area contributed by atoms with E-state index in [1.54, 1.807) is 37.6 Å². The first-order valence-electron chi connectivity index (χ1n) is 12.3. The van der Waals surface area contributed by atoms with Crippen molar-refractivity contribution in [3.8, 4) is 28.6 Å². The zero-order chi connectivity index (χ0) is 25.5. The van der Waals surface area contributed by atoms with Gasteiger partial charge < -0.3 is 15.8 Å². The lowest BCUT2D eigenvalue weighted by Crippen LogP contribution is -2.39. The van der Waals surface area contributed by atoms with Crippen LogP contribution in [0.5, 0.6) is 5.75 Å². The average molecular weight is 500 g/mol. The molecule has 4 aromatic rings. The number of aromatic nitrogens is 6. The largest absolute Gasteiger partial charge is 0.482 e. The molecule has 2 bridgehead atoms. The van der Waals surface area contributed by atoms with Crippen molar-refractivity contribution >= 4 is 5.82 Å². The van der Waals surface area contributed by atoms with Crippen molar-refractivity contribution in [3.05, 3.63) is 66.1 Å². The first-order valence-corrected chi connectivity index (χ1v) is 12.3. The average Bonchev–Trinajstić information content (AvgIpc) is 3.65. The number of fused-ring (bicyclic) bond motifs is 2. The molecule has 3 aromatic heterocycles. The fraction of sp³-hybridized carbons (Fsp3) is 0.346. The molecule has 188 valence electrons. The van der Waals surface area contributed by atoms with Gasteiger partial charge in [-0.25, -0.2) is 9.37 Å². The number of nitrogens with two attached hydrogens (primary N) is 1. The van der Waals surface area contributed by atoms with Gasteiger partial charge >= 0.3 is 0 Å². The van der Waals surface area contributed by atoms with Crippen LogP contribution in [0.25, 0.3) is 16.8 Å². The molecule has 0 spiro atoms. The van der Waals surface area contributed by atoms with E-state index in [1.807, 2.05) is 10.9 Å². The van der Waals surface area contributed by atoms with E-state index in [0.29, 0.717) is 45.9 Å². The van der Waals surface area contributed by atoms with E-state index in [-0.39, 0.29) is 11.9 Å². The quantitative estimate of drug-likeness (QED) is 0.410. The molecule has 2 saturated heterocycles. The number of piperidine rings is 1. The second-order valence-corrected chi connectivity index (χ2v) is 9.64. The van der Waals surface area contributed by atoms with Crippen molar-refractivity contribution in [2.75, 3.05) is 5.73 Å². The summed E-state index contributed by atoms with van der Waals surface area (Å²) in [5.41, 5.74) is 8.96. The fourth-order valence-corrected chi connectivity index (χ4v) is 5.44. The number of nitriles is 1. The van der Waals surface area contributed by atoms with Crippen LogP contribution in [-0.2, 0) is 0 Å². The second-order valence-electron chi connectivity index (χ2n) is 9.64. The van der Waals surface area contributed by atoms with Crippen molar-refractivity contribution in [2.24, 2.45) is 0 Å². The topological polar surface area (TPSA) is 132 Å². The lowest BCUT2D eigenvalue weighted by atomic mass is 10.00. The molecule has 10 nitrogen and oxygen atoms in total. The Morgan fingerprint density at radius 3 is 2.68 bits per heavy atom. The number of ether oxygens (including phenoxy) is 1. The molecular weight excluding hydrogens is 473 g/mol. The van der Waals surface area contributed by atoms with Gasteiger partial charge in [-0.2, -0.15) is 25.4 Å². The maximum atomic E-state index is 14.2. The van der Waals surface area contributed by atoms with Gasteiger partial charge in [0.2, 0.25) is 0 Å². The van der Waals surface area contributed by atoms with Crippen LogP contribution in [0, 0.1) is 17.1 Å². The number of rotatable bonds is 6. The summed E-state index contributed by atoms with van der Waals surface area (Å²) in [5.74, 6) is 0.107. The van der Waals surface area contributed by atoms with Crippen LogP contribution in [0.2, 0.25) is 0 Å². The van der Waals surface area contributed by atoms with Gasteiger partial charge in [-0.1, -0.05) is 0 Å². The Bertz CT molecular complexity index is 1460. The standard InChI is InChI=1S/C26H26FN9O/c1-15(21-9-17(27)2-5-24(21)36-31-6-7-32-36)37-25-8-16(13-30-26(25)29)22-14-35(34-23(22)12-28)20-10-18-3-4-19(11-20)33-18/h2,5-9,13-15,18-20,33H,3-4,10-11H2,1H3,(H2,29,30)/t15-,18?,19?,20?/m1/s1. The van der Waals surface area contributed by atoms with E-state index >= 15 is 0 Å². The van der Waals surface area contributed by atoms with Crippen molar-refractivity contribution in [1.29, 1.82) is 5.26 Å². The Hall–Kier alpha value is -4.30. The number of hydrogen-bond donors (Lipinski definition) is 2. The Labute approximate surface area is 212 Å². The molecule has 0 amide bonds. The highest BCUT2D eigenvalue weighted by atomic mass is 19.1. The maximum absolute atomic E-state index is 14.2. The Balaban J connectivity index is 1.30. The molecule has 0 radical (unpaired) electrons. The highest BCUT2D eigenvalue weighted by Gasteiger charge is 2.35. The molecule has 2 fully saturated rings. The SMILES string of the molecule is C[C@@H](Oc1cc(-c2cn(C3CC4CCC(C3)N4)nc2C#N)cnc1N)c1cc(F)ccc1-n1nccn1. The van der Waals surface area contributed by atoms with E-state index in [1.165, 1.54) is 29.8 Å². The van der Waals surface area contributed by atoms with Crippen LogP contribution < -0.4 is 15.8 Å². The summed E-state index contributed by atoms with van der Waals surface area (Å²) >= 11 is 0. The normalized spacial score (nSPS) is 21.5. The van der Waals surface area contributed by atoms with Gasteiger partial charge in [0.15, 0.2) is 17.3 Å². The maximum Gasteiger partial charge on any atom is 0.170 e. The van der Waals surface area contributed by atoms with Crippen LogP contribution in [0.3, 0.4) is 0 Å². The number of nitrogen functional groups attached to an aromatic ring is 1. The molecule has 2 aliphatic heterocycles. The molecule has 0 aliphatic carbocycles. The molecule has 5 heterocycles. The number of halogens is 1. The summed E-state index contributed by atoms with van der Waals surface area (Å²) in [4.78, 5) is 5.73. The van der Waals surface area contributed by atoms with Crippen molar-refractivity contribution in [3.63, 3.8) is 0 Å². The van der Waals surface area contributed by atoms with Gasteiger partial charge in [-0.3, -0.25) is 4.68 Å². The fourth-order valence-electron chi connectivity index (χ4n) is 5.44. The number of hydrogen-bond acceptors (Lipinski definition) is 8. The van der Waals surface area contributed by atoms with Crippen LogP contribution in [0.15, 0.2) is 49.1 Å². The minimum Gasteiger partial charge on any atom is -0.482 e. The lowest BCUT2D eigenvalue weighted by Gasteiger charge is -2.29. The molecule has 11 heteroatoms. The van der Waals surface area contributed by atoms with E-state index in [0.717, 1.165) is 12.8 Å². The molecule has 3 atom stereocenters. The van der Waals surface area contributed by atoms with E-state index in [9.17, 15) is 9.65 Å². The monoisotopic (exact) mass is 499 g/mol. The molecule has 1 aromatic carbocycles. The van der Waals surface area contributed by atoms with Gasteiger partial charge in [0.1, 0.15) is 18.0 Å². The predicted molar refractivity (Wildman–Crippen MR) is 133 cm³/mol. The molecule has 2 aliphatic rings. The minimum atomic E-state index is -0.598. The van der Waals surface area contributed by atoms with Crippen LogP contribution in [0.4, 0.5) is 10.2 Å². The number of benzene rings is 1. The van der Waals surface area contributed by atoms with Gasteiger partial charge in [0, 0.05) is 41.2 Å². The summed E-state index contributed by atoms with van der Waals surface area (Å²) in [5, 5.41) is 26.4. The highest BCUT2D eigenvalue weighted by Crippen LogP contribution is 2.37. The summed E-state index contributed by atoms with van der Waals surface area (Å²) in [6.45, 7) is 1.79. The number of nitrogens with zero attached hydrogens (tertiary/aromatic N) is 7. The van der Waals surface area contributed by atoms with Crippen LogP contribution in [0.1, 0.15) is 56.0 Å². The van der Waals surface area contributed by atoms with Crippen LogP contribution in [-0.4, -0.2) is 41.8 Å². The molecule has 2 unspecified atom stereocenters. The Morgan fingerprint density at radius 2 is 1.95 bits per heavy atom. The lowest BCUT2D eigenvalue weighted by molar-refractivity contribution is 0.226. The number of pyridine rings is 1. The Kier molecular flexibility index (Phi) is 5.81. The second kappa shape index (κ2) is 9.29. The summed E-state index contributed by atoms with van der Waals surface area (Å²) < 4.78 is 22.3. The third-order valence-corrected chi connectivity index (χ3v) is 7.22. The molecule has 6 rings (SSSR count). The smallest absolute Gasteiger partial charge is 0.170 e. The van der Waals surface area contributed by atoms with Crippen molar-refractivity contribution < 1.29 is 9.13 Å². The van der Waals surface area contributed by atoms with Gasteiger partial charge in [0.05, 0.1) is 24.1 Å². The first kappa shape index (κ1) is 23.1. The third-order valence-electron chi connectivity index (χ3n) is 7.22. The molecule has 0 saturated carbocycles. The number of nitrogens with one attached hydrogen (secondary N) is 1. The zero-order valence-corrected chi connectivity index (χ0v) is 20.3. The molecule has 3 N–H and O–H groups in total. The third kappa shape index (κ3) is 4.40. The molecule has 37 heavy (non-hydrogen) atoms. The van der Waals surface area contributed by atoms with E-state index in [2.05, 4.69) is 31.7 Å². The van der Waals surface area contributed by atoms with Gasteiger partial charge in [-0.05, 0) is 56.9 Å². The van der Waals surface area contributed by atoms with Crippen molar-refractivity contribution in [1.82, 2.24) is 35.1 Å². The number of anilines is 1. The Morgan fingerprint density at radius 1 is 1.19 bits per heavy atom. The first-order chi connectivity index (χ1) is 18.0.